The van der Waals surface area contributed by atoms with Crippen LogP contribution in [0.15, 0.2) is 24.3 Å². The van der Waals surface area contributed by atoms with Crippen molar-refractivity contribution < 1.29 is 14.6 Å². The first-order chi connectivity index (χ1) is 16.5. The average molecular weight is 473 g/mol. The zero-order valence-corrected chi connectivity index (χ0v) is 21.4. The highest BCUT2D eigenvalue weighted by Gasteiger charge is 2.17. The summed E-state index contributed by atoms with van der Waals surface area (Å²) >= 11 is 0. The van der Waals surface area contributed by atoms with E-state index in [2.05, 4.69) is 35.9 Å². The predicted molar refractivity (Wildman–Crippen MR) is 139 cm³/mol. The van der Waals surface area contributed by atoms with E-state index >= 15 is 0 Å². The van der Waals surface area contributed by atoms with Crippen LogP contribution < -0.4 is 0 Å². The fourth-order valence-corrected chi connectivity index (χ4v) is 4.33. The van der Waals surface area contributed by atoms with Crippen LogP contribution in [0.5, 0.6) is 11.8 Å². The SMILES string of the molecule is CCCCCCCCCCc1ccc(-c2nc(O)c(CC[C@@H](F)CCCCCC)c(O)n2)cc1. The van der Waals surface area contributed by atoms with Crippen LogP contribution in [-0.4, -0.2) is 26.4 Å². The minimum Gasteiger partial charge on any atom is -0.493 e. The van der Waals surface area contributed by atoms with Crippen molar-refractivity contribution in [1.82, 2.24) is 9.97 Å². The highest BCUT2D eigenvalue weighted by molar-refractivity contribution is 5.57. The van der Waals surface area contributed by atoms with Crippen LogP contribution in [0.1, 0.15) is 115 Å². The number of hydrogen-bond donors (Lipinski definition) is 2. The predicted octanol–water partition coefficient (Wildman–Crippen LogP) is 8.48. The van der Waals surface area contributed by atoms with Crippen LogP contribution in [0.4, 0.5) is 4.39 Å². The quantitative estimate of drug-likeness (QED) is 0.213. The summed E-state index contributed by atoms with van der Waals surface area (Å²) in [7, 11) is 0. The molecule has 0 saturated heterocycles. The first-order valence-corrected chi connectivity index (χ1v) is 13.6. The molecule has 0 aliphatic carbocycles. The Balaban J connectivity index is 1.81. The number of aromatic nitrogens is 2. The summed E-state index contributed by atoms with van der Waals surface area (Å²) in [4.78, 5) is 8.35. The Bertz CT molecular complexity index is 787. The molecular weight excluding hydrogens is 427 g/mol. The lowest BCUT2D eigenvalue weighted by Crippen LogP contribution is -2.04. The van der Waals surface area contributed by atoms with Gasteiger partial charge in [-0.2, -0.15) is 9.97 Å². The summed E-state index contributed by atoms with van der Waals surface area (Å²) in [6.07, 6.45) is 15.7. The summed E-state index contributed by atoms with van der Waals surface area (Å²) in [5.74, 6) is -0.235. The zero-order chi connectivity index (χ0) is 24.6. The smallest absolute Gasteiger partial charge is 0.221 e. The topological polar surface area (TPSA) is 66.2 Å². The van der Waals surface area contributed by atoms with Gasteiger partial charge in [0.2, 0.25) is 11.8 Å². The van der Waals surface area contributed by atoms with Gasteiger partial charge < -0.3 is 10.2 Å². The van der Waals surface area contributed by atoms with Gasteiger partial charge >= 0.3 is 0 Å². The van der Waals surface area contributed by atoms with E-state index < -0.39 is 6.17 Å². The Morgan fingerprint density at radius 2 is 1.21 bits per heavy atom. The van der Waals surface area contributed by atoms with Gasteiger partial charge in [0.15, 0.2) is 5.82 Å². The number of halogens is 1. The van der Waals surface area contributed by atoms with Crippen LogP contribution in [0.25, 0.3) is 11.4 Å². The van der Waals surface area contributed by atoms with E-state index in [1.54, 1.807) is 0 Å². The van der Waals surface area contributed by atoms with Crippen molar-refractivity contribution in [3.63, 3.8) is 0 Å². The molecule has 2 rings (SSSR count). The van der Waals surface area contributed by atoms with Gasteiger partial charge in [0.25, 0.3) is 0 Å². The van der Waals surface area contributed by atoms with Crippen molar-refractivity contribution in [2.45, 2.75) is 123 Å². The molecule has 2 N–H and O–H groups in total. The first-order valence-electron chi connectivity index (χ1n) is 13.6. The largest absolute Gasteiger partial charge is 0.493 e. The van der Waals surface area contributed by atoms with Crippen molar-refractivity contribution >= 4 is 0 Å². The summed E-state index contributed by atoms with van der Waals surface area (Å²) in [5.41, 5.74) is 2.25. The Kier molecular flexibility index (Phi) is 13.6. The molecule has 34 heavy (non-hydrogen) atoms. The lowest BCUT2D eigenvalue weighted by atomic mass is 10.0. The van der Waals surface area contributed by atoms with Crippen molar-refractivity contribution in [2.24, 2.45) is 0 Å². The average Bonchev–Trinajstić information content (AvgIpc) is 2.83. The fourth-order valence-electron chi connectivity index (χ4n) is 4.33. The molecule has 1 aromatic carbocycles. The number of unbranched alkanes of at least 4 members (excludes halogenated alkanes) is 10. The molecule has 4 nitrogen and oxygen atoms in total. The lowest BCUT2D eigenvalue weighted by molar-refractivity contribution is 0.285. The second kappa shape index (κ2) is 16.5. The molecule has 190 valence electrons. The van der Waals surface area contributed by atoms with E-state index in [0.717, 1.165) is 37.7 Å². The summed E-state index contributed by atoms with van der Waals surface area (Å²) in [6, 6.07) is 7.99. The molecule has 1 heterocycles. The second-order valence-electron chi connectivity index (χ2n) is 9.58. The van der Waals surface area contributed by atoms with Gasteiger partial charge in [-0.05, 0) is 37.7 Å². The molecule has 0 amide bonds. The zero-order valence-electron chi connectivity index (χ0n) is 21.4. The third-order valence-electron chi connectivity index (χ3n) is 6.57. The van der Waals surface area contributed by atoms with Crippen LogP contribution in [0, 0.1) is 0 Å². The van der Waals surface area contributed by atoms with E-state index in [4.69, 9.17) is 0 Å². The normalized spacial score (nSPS) is 12.2. The van der Waals surface area contributed by atoms with Crippen LogP contribution >= 0.6 is 0 Å². The molecule has 0 unspecified atom stereocenters. The van der Waals surface area contributed by atoms with E-state index in [-0.39, 0.29) is 36.0 Å². The molecule has 0 aliphatic heterocycles. The number of nitrogens with zero attached hydrogens (tertiary/aromatic N) is 2. The maximum absolute atomic E-state index is 14.2. The molecular formula is C29H45FN2O2. The molecule has 1 aromatic heterocycles. The number of rotatable bonds is 18. The van der Waals surface area contributed by atoms with Crippen molar-refractivity contribution in [3.05, 3.63) is 35.4 Å². The van der Waals surface area contributed by atoms with Gasteiger partial charge in [-0.15, -0.1) is 0 Å². The standard InChI is InChI=1S/C29H45FN2O2/c1-3-5-7-9-10-11-12-13-15-23-17-19-24(20-18-23)27-31-28(33)26(29(34)32-27)22-21-25(30)16-14-8-6-4-2/h17-20,25H,3-16,21-22H2,1-2H3,(H2,31,32,33,34)/t25-/m0/s1. The van der Waals surface area contributed by atoms with E-state index in [1.165, 1.54) is 56.9 Å². The Morgan fingerprint density at radius 1 is 0.676 bits per heavy atom. The van der Waals surface area contributed by atoms with Gasteiger partial charge in [0, 0.05) is 5.56 Å². The van der Waals surface area contributed by atoms with Crippen molar-refractivity contribution in [3.8, 4) is 23.1 Å². The van der Waals surface area contributed by atoms with Crippen LogP contribution in [0.2, 0.25) is 0 Å². The van der Waals surface area contributed by atoms with Crippen LogP contribution in [0.3, 0.4) is 0 Å². The van der Waals surface area contributed by atoms with Crippen molar-refractivity contribution in [2.75, 3.05) is 0 Å². The molecule has 0 fully saturated rings. The first kappa shape index (κ1) is 28.1. The van der Waals surface area contributed by atoms with E-state index in [0.29, 0.717) is 6.42 Å². The number of benzene rings is 1. The Labute approximate surface area is 206 Å². The monoisotopic (exact) mass is 472 g/mol. The number of aryl methyl sites for hydroxylation is 1. The third kappa shape index (κ3) is 10.4. The maximum Gasteiger partial charge on any atom is 0.221 e. The highest BCUT2D eigenvalue weighted by atomic mass is 19.1. The molecule has 2 aromatic rings. The van der Waals surface area contributed by atoms with Gasteiger partial charge in [-0.25, -0.2) is 4.39 Å². The molecule has 0 radical (unpaired) electrons. The molecule has 0 bridgehead atoms. The number of hydrogen-bond acceptors (Lipinski definition) is 4. The Hall–Kier alpha value is -2.17. The van der Waals surface area contributed by atoms with Gasteiger partial charge in [-0.3, -0.25) is 0 Å². The van der Waals surface area contributed by atoms with E-state index in [1.807, 2.05) is 12.1 Å². The summed E-state index contributed by atoms with van der Waals surface area (Å²) < 4.78 is 14.2. The fraction of sp³-hybridized carbons (Fsp3) is 0.655. The Morgan fingerprint density at radius 3 is 1.79 bits per heavy atom. The minimum absolute atomic E-state index is 0.227. The molecule has 0 saturated carbocycles. The molecule has 0 spiro atoms. The second-order valence-corrected chi connectivity index (χ2v) is 9.58. The molecule has 0 aliphatic rings. The molecule has 5 heteroatoms. The number of alkyl halides is 1. The third-order valence-corrected chi connectivity index (χ3v) is 6.57. The van der Waals surface area contributed by atoms with E-state index in [9.17, 15) is 14.6 Å². The highest BCUT2D eigenvalue weighted by Crippen LogP contribution is 2.29. The minimum atomic E-state index is -0.941. The summed E-state index contributed by atoms with van der Waals surface area (Å²) in [5, 5.41) is 20.7. The molecule has 1 atom stereocenters. The lowest BCUT2D eigenvalue weighted by Gasteiger charge is -2.11. The van der Waals surface area contributed by atoms with Gasteiger partial charge in [-0.1, -0.05) is 109 Å². The van der Waals surface area contributed by atoms with Gasteiger partial charge in [0.05, 0.1) is 5.56 Å². The van der Waals surface area contributed by atoms with Crippen molar-refractivity contribution in [1.29, 1.82) is 0 Å². The summed E-state index contributed by atoms with van der Waals surface area (Å²) in [6.45, 7) is 4.38. The maximum atomic E-state index is 14.2. The van der Waals surface area contributed by atoms with Crippen LogP contribution in [-0.2, 0) is 12.8 Å². The van der Waals surface area contributed by atoms with Gasteiger partial charge in [0.1, 0.15) is 6.17 Å². The number of aromatic hydroxyl groups is 2.